The van der Waals surface area contributed by atoms with Gasteiger partial charge in [0.05, 0.1) is 11.5 Å². The van der Waals surface area contributed by atoms with Crippen LogP contribution in [0.4, 0.5) is 0 Å². The van der Waals surface area contributed by atoms with Crippen LogP contribution in [0.1, 0.15) is 71.3 Å². The molecule has 1 aromatic carbocycles. The van der Waals surface area contributed by atoms with Crippen molar-refractivity contribution < 1.29 is 17.4 Å². The highest BCUT2D eigenvalue weighted by Crippen LogP contribution is 2.66. The highest BCUT2D eigenvalue weighted by molar-refractivity contribution is 7.86. The maximum atomic E-state index is 12.7. The lowest BCUT2D eigenvalue weighted by atomic mass is 9.50. The number of hydrogen-bond acceptors (Lipinski definition) is 4. The van der Waals surface area contributed by atoms with Gasteiger partial charge in [-0.1, -0.05) is 55.7 Å². The molecule has 5 heteroatoms. The summed E-state index contributed by atoms with van der Waals surface area (Å²) in [6.45, 7) is 9.18. The predicted octanol–water partition coefficient (Wildman–Crippen LogP) is 6.40. The molecule has 0 bridgehead atoms. The molecule has 0 radical (unpaired) electrons. The maximum Gasteiger partial charge on any atom is 0.296 e. The van der Waals surface area contributed by atoms with Gasteiger partial charge >= 0.3 is 0 Å². The standard InChI is InChI=1S/C29H38O4S/c1-19-5-8-23(9-6-19)34(31,32)33-18-20(2)25-11-12-26-24-10-7-21-17-22(30)13-15-28(21,3)27(24)14-16-29(25,26)4/h5-6,8-10,17,20,25-27H,7,11-16,18H2,1-4H3/t20-,25-,26?,27?,28-,29-/m1/s1. The Morgan fingerprint density at radius 3 is 2.53 bits per heavy atom. The first-order valence-electron chi connectivity index (χ1n) is 12.9. The van der Waals surface area contributed by atoms with E-state index in [2.05, 4.69) is 26.8 Å². The Morgan fingerprint density at radius 1 is 1.06 bits per heavy atom. The van der Waals surface area contributed by atoms with Crippen LogP contribution in [0.2, 0.25) is 0 Å². The molecule has 6 atom stereocenters. The molecule has 0 amide bonds. The van der Waals surface area contributed by atoms with Crippen LogP contribution >= 0.6 is 0 Å². The molecule has 34 heavy (non-hydrogen) atoms. The molecule has 184 valence electrons. The van der Waals surface area contributed by atoms with Gasteiger partial charge in [0.25, 0.3) is 10.1 Å². The number of carbonyl (C=O) groups is 1. The van der Waals surface area contributed by atoms with Gasteiger partial charge in [0.15, 0.2) is 5.78 Å². The van der Waals surface area contributed by atoms with E-state index in [1.165, 1.54) is 12.0 Å². The van der Waals surface area contributed by atoms with Crippen molar-refractivity contribution in [3.63, 3.8) is 0 Å². The van der Waals surface area contributed by atoms with Gasteiger partial charge in [-0.25, -0.2) is 0 Å². The van der Waals surface area contributed by atoms with Crippen LogP contribution in [-0.4, -0.2) is 20.8 Å². The van der Waals surface area contributed by atoms with E-state index in [0.29, 0.717) is 30.0 Å². The topological polar surface area (TPSA) is 60.4 Å². The molecule has 4 aliphatic rings. The molecule has 4 aliphatic carbocycles. The molecule has 0 heterocycles. The Kier molecular flexibility index (Phi) is 5.96. The highest BCUT2D eigenvalue weighted by atomic mass is 32.2. The number of rotatable bonds is 5. The Morgan fingerprint density at radius 2 is 1.79 bits per heavy atom. The summed E-state index contributed by atoms with van der Waals surface area (Å²) in [6, 6.07) is 6.87. The number of hydrogen-bond donors (Lipinski definition) is 0. The fourth-order valence-electron chi connectivity index (χ4n) is 7.92. The summed E-state index contributed by atoms with van der Waals surface area (Å²) in [6.07, 6.45) is 11.6. The number of allylic oxidation sites excluding steroid dienone is 4. The van der Waals surface area contributed by atoms with Crippen LogP contribution in [0, 0.1) is 41.4 Å². The Balaban J connectivity index is 1.32. The van der Waals surface area contributed by atoms with Crippen molar-refractivity contribution >= 4 is 15.9 Å². The van der Waals surface area contributed by atoms with Gasteiger partial charge in [-0.05, 0) is 98.2 Å². The lowest BCUT2D eigenvalue weighted by Crippen LogP contribution is -2.46. The van der Waals surface area contributed by atoms with E-state index in [-0.39, 0.29) is 28.3 Å². The number of benzene rings is 1. The molecular weight excluding hydrogens is 444 g/mol. The molecule has 0 saturated heterocycles. The van der Waals surface area contributed by atoms with Gasteiger partial charge in [-0.3, -0.25) is 8.98 Å². The summed E-state index contributed by atoms with van der Waals surface area (Å²) in [5.41, 5.74) is 4.32. The molecule has 5 rings (SSSR count). The molecule has 0 N–H and O–H groups in total. The minimum absolute atomic E-state index is 0.133. The average Bonchev–Trinajstić information content (AvgIpc) is 3.15. The highest BCUT2D eigenvalue weighted by Gasteiger charge is 2.57. The van der Waals surface area contributed by atoms with Crippen molar-refractivity contribution in [2.45, 2.75) is 77.5 Å². The number of ketones is 1. The van der Waals surface area contributed by atoms with E-state index >= 15 is 0 Å². The zero-order valence-electron chi connectivity index (χ0n) is 21.0. The monoisotopic (exact) mass is 482 g/mol. The SMILES string of the molecule is Cc1ccc(S(=O)(=O)OC[C@@H](C)[C@H]2CCC3C4=CCC5=CC(=O)CC[C@@]5(C)C4CC[C@@]32C)cc1. The lowest BCUT2D eigenvalue weighted by Gasteiger charge is -2.55. The summed E-state index contributed by atoms with van der Waals surface area (Å²) in [5, 5.41) is 0. The fraction of sp³-hybridized carbons (Fsp3) is 0.621. The number of carbonyl (C=O) groups excluding carboxylic acids is 1. The van der Waals surface area contributed by atoms with Crippen molar-refractivity contribution in [1.29, 1.82) is 0 Å². The van der Waals surface area contributed by atoms with Crippen molar-refractivity contribution in [3.05, 3.63) is 53.1 Å². The molecule has 2 fully saturated rings. The Labute approximate surface area is 205 Å². The molecule has 1 aromatic rings. The number of aryl methyl sites for hydroxylation is 1. The van der Waals surface area contributed by atoms with E-state index in [1.54, 1.807) is 17.7 Å². The Bertz CT molecular complexity index is 1150. The van der Waals surface area contributed by atoms with E-state index in [9.17, 15) is 13.2 Å². The molecule has 0 aromatic heterocycles. The van der Waals surface area contributed by atoms with Crippen molar-refractivity contribution in [2.24, 2.45) is 34.5 Å². The molecule has 2 unspecified atom stereocenters. The normalized spacial score (nSPS) is 36.1. The lowest BCUT2D eigenvalue weighted by molar-refractivity contribution is -0.116. The van der Waals surface area contributed by atoms with Crippen molar-refractivity contribution in [3.8, 4) is 0 Å². The quantitative estimate of drug-likeness (QED) is 0.360. The minimum atomic E-state index is -3.74. The third-order valence-corrected chi connectivity index (χ3v) is 11.3. The van der Waals surface area contributed by atoms with Crippen LogP contribution in [0.25, 0.3) is 0 Å². The van der Waals surface area contributed by atoms with Crippen molar-refractivity contribution in [1.82, 2.24) is 0 Å². The summed E-state index contributed by atoms with van der Waals surface area (Å²) in [4.78, 5) is 12.3. The van der Waals surface area contributed by atoms with Gasteiger partial charge in [0.2, 0.25) is 0 Å². The fourth-order valence-corrected chi connectivity index (χ4v) is 8.92. The molecule has 0 spiro atoms. The first kappa shape index (κ1) is 24.0. The predicted molar refractivity (Wildman–Crippen MR) is 134 cm³/mol. The molecule has 4 nitrogen and oxygen atoms in total. The van der Waals surface area contributed by atoms with Gasteiger partial charge in [-0.2, -0.15) is 8.42 Å². The smallest absolute Gasteiger partial charge is 0.295 e. The second-order valence-corrected chi connectivity index (χ2v) is 13.4. The van der Waals surface area contributed by atoms with E-state index in [1.807, 2.05) is 25.1 Å². The third kappa shape index (κ3) is 3.83. The third-order valence-electron chi connectivity index (χ3n) is 9.95. The van der Waals surface area contributed by atoms with Crippen LogP contribution in [-0.2, 0) is 19.1 Å². The first-order chi connectivity index (χ1) is 16.0. The second-order valence-electron chi connectivity index (χ2n) is 11.8. The van der Waals surface area contributed by atoms with E-state index < -0.39 is 10.1 Å². The van der Waals surface area contributed by atoms with Crippen molar-refractivity contribution in [2.75, 3.05) is 6.61 Å². The van der Waals surface area contributed by atoms with Gasteiger partial charge < -0.3 is 0 Å². The van der Waals surface area contributed by atoms with Gasteiger partial charge in [0, 0.05) is 6.42 Å². The number of fused-ring (bicyclic) bond motifs is 5. The maximum absolute atomic E-state index is 12.7. The van der Waals surface area contributed by atoms with E-state index in [0.717, 1.165) is 37.7 Å². The van der Waals surface area contributed by atoms with Crippen LogP contribution in [0.5, 0.6) is 0 Å². The minimum Gasteiger partial charge on any atom is -0.295 e. The summed E-state index contributed by atoms with van der Waals surface area (Å²) < 4.78 is 31.1. The Hall–Kier alpha value is -1.72. The second kappa shape index (κ2) is 8.44. The summed E-state index contributed by atoms with van der Waals surface area (Å²) in [5.74, 6) is 2.02. The van der Waals surface area contributed by atoms with Gasteiger partial charge in [0.1, 0.15) is 0 Å². The van der Waals surface area contributed by atoms with Gasteiger partial charge in [-0.15, -0.1) is 0 Å². The van der Waals surface area contributed by atoms with Crippen LogP contribution in [0.15, 0.2) is 52.5 Å². The average molecular weight is 483 g/mol. The summed E-state index contributed by atoms with van der Waals surface area (Å²) >= 11 is 0. The van der Waals surface area contributed by atoms with Crippen LogP contribution in [0.3, 0.4) is 0 Å². The molecular formula is C29H38O4S. The first-order valence-corrected chi connectivity index (χ1v) is 14.4. The summed E-state index contributed by atoms with van der Waals surface area (Å²) in [7, 11) is -3.74. The van der Waals surface area contributed by atoms with E-state index in [4.69, 9.17) is 4.18 Å². The zero-order chi connectivity index (χ0) is 24.3. The largest absolute Gasteiger partial charge is 0.296 e. The molecule has 2 saturated carbocycles. The molecule has 0 aliphatic heterocycles. The zero-order valence-corrected chi connectivity index (χ0v) is 21.8. The van der Waals surface area contributed by atoms with Crippen LogP contribution < -0.4 is 0 Å².